The average molecular weight is 562 g/mol. The fraction of sp³-hybridized carbons (Fsp3) is 0.290. The molecule has 40 heavy (non-hydrogen) atoms. The van der Waals surface area contributed by atoms with Gasteiger partial charge in [0, 0.05) is 22.3 Å². The Labute approximate surface area is 239 Å². The molecule has 3 aromatic carbocycles. The zero-order valence-electron chi connectivity index (χ0n) is 23.6. The van der Waals surface area contributed by atoms with E-state index < -0.39 is 29.0 Å². The van der Waals surface area contributed by atoms with Gasteiger partial charge >= 0.3 is 6.09 Å². The third-order valence-corrected chi connectivity index (χ3v) is 6.44. The number of methoxy groups -OCH3 is 1. The van der Waals surface area contributed by atoms with E-state index in [-0.39, 0.29) is 11.1 Å². The summed E-state index contributed by atoms with van der Waals surface area (Å²) < 4.78 is 11.0. The Morgan fingerprint density at radius 2 is 1.52 bits per heavy atom. The van der Waals surface area contributed by atoms with Crippen LogP contribution in [0.3, 0.4) is 0 Å². The lowest BCUT2D eigenvalue weighted by Gasteiger charge is -2.41. The molecular formula is C31H32ClN3O5. The van der Waals surface area contributed by atoms with Gasteiger partial charge in [0.05, 0.1) is 24.3 Å². The highest BCUT2D eigenvalue weighted by Gasteiger charge is 2.42. The SMILES string of the molecule is COc1cccc(C(=O)N(C(=O)c2cc(C)cc(C)c2)N(C(=O)OC(Cl)c2ccc(C#N)cc2)C(C)(C)C)c1C. The molecule has 0 saturated carbocycles. The number of hydrogen-bond donors (Lipinski definition) is 0. The number of hydrogen-bond acceptors (Lipinski definition) is 6. The van der Waals surface area contributed by atoms with Crippen molar-refractivity contribution in [1.29, 1.82) is 5.26 Å². The first-order valence-corrected chi connectivity index (χ1v) is 13.0. The summed E-state index contributed by atoms with van der Waals surface area (Å²) in [6, 6.07) is 18.3. The van der Waals surface area contributed by atoms with Crippen molar-refractivity contribution in [2.24, 2.45) is 0 Å². The predicted molar refractivity (Wildman–Crippen MR) is 152 cm³/mol. The molecule has 9 heteroatoms. The van der Waals surface area contributed by atoms with Crippen molar-refractivity contribution in [2.75, 3.05) is 7.11 Å². The second-order valence-electron chi connectivity index (χ2n) is 10.3. The van der Waals surface area contributed by atoms with Crippen LogP contribution in [0.5, 0.6) is 5.75 Å². The molecule has 3 aromatic rings. The number of halogens is 1. The molecule has 0 aliphatic rings. The lowest BCUT2D eigenvalue weighted by Crippen LogP contribution is -2.60. The molecule has 3 rings (SSSR count). The summed E-state index contributed by atoms with van der Waals surface area (Å²) in [5.41, 5.74) is 1.02. The van der Waals surface area contributed by atoms with Gasteiger partial charge in [0.25, 0.3) is 11.8 Å². The van der Waals surface area contributed by atoms with Crippen LogP contribution in [0.15, 0.2) is 60.7 Å². The molecule has 208 valence electrons. The molecule has 1 unspecified atom stereocenters. The second kappa shape index (κ2) is 12.2. The van der Waals surface area contributed by atoms with Crippen LogP contribution < -0.4 is 4.74 Å². The number of nitrogens with zero attached hydrogens (tertiary/aromatic N) is 3. The van der Waals surface area contributed by atoms with Crippen LogP contribution in [0.1, 0.15) is 74.9 Å². The minimum Gasteiger partial charge on any atom is -0.496 e. The van der Waals surface area contributed by atoms with E-state index in [0.717, 1.165) is 21.1 Å². The molecule has 1 atom stereocenters. The van der Waals surface area contributed by atoms with Crippen LogP contribution >= 0.6 is 11.6 Å². The lowest BCUT2D eigenvalue weighted by atomic mass is 10.0. The van der Waals surface area contributed by atoms with Gasteiger partial charge in [0.2, 0.25) is 5.56 Å². The van der Waals surface area contributed by atoms with E-state index in [0.29, 0.717) is 22.4 Å². The maximum absolute atomic E-state index is 14.2. The standard InChI is InChI=1S/C31H32ClN3O5/c1-19-15-20(2)17-24(16-19)28(36)34(29(37)25-9-8-10-26(39-7)21(25)3)35(31(4,5)6)30(38)40-27(32)23-13-11-22(18-33)12-14-23/h8-17,27H,1-7H3. The van der Waals surface area contributed by atoms with Gasteiger partial charge in [-0.05, 0) is 77.9 Å². The Balaban J connectivity index is 2.14. The number of amides is 3. The van der Waals surface area contributed by atoms with E-state index in [1.165, 1.54) is 7.11 Å². The number of ether oxygens (including phenoxy) is 2. The number of nitriles is 1. The van der Waals surface area contributed by atoms with E-state index in [4.69, 9.17) is 26.3 Å². The van der Waals surface area contributed by atoms with Crippen LogP contribution in [-0.2, 0) is 4.74 Å². The molecule has 0 N–H and O–H groups in total. The van der Waals surface area contributed by atoms with Crippen molar-refractivity contribution in [3.05, 3.63) is 99.6 Å². The van der Waals surface area contributed by atoms with E-state index in [9.17, 15) is 14.4 Å². The largest absolute Gasteiger partial charge is 0.496 e. The summed E-state index contributed by atoms with van der Waals surface area (Å²) >= 11 is 6.44. The Kier molecular flexibility index (Phi) is 9.23. The average Bonchev–Trinajstić information content (AvgIpc) is 2.89. The third-order valence-electron chi connectivity index (χ3n) is 6.10. The van der Waals surface area contributed by atoms with E-state index >= 15 is 0 Å². The molecular weight excluding hydrogens is 530 g/mol. The number of benzene rings is 3. The van der Waals surface area contributed by atoms with Gasteiger partial charge in [-0.25, -0.2) is 9.80 Å². The fourth-order valence-corrected chi connectivity index (χ4v) is 4.47. The van der Waals surface area contributed by atoms with Gasteiger partial charge in [-0.3, -0.25) is 9.59 Å². The van der Waals surface area contributed by atoms with E-state index in [2.05, 4.69) is 0 Å². The molecule has 0 heterocycles. The van der Waals surface area contributed by atoms with Crippen molar-refractivity contribution in [3.8, 4) is 11.8 Å². The summed E-state index contributed by atoms with van der Waals surface area (Å²) in [5, 5.41) is 10.8. The molecule has 3 amide bonds. The minimum atomic E-state index is -1.25. The number of carbonyl (C=O) groups is 3. The second-order valence-corrected chi connectivity index (χ2v) is 10.7. The Bertz CT molecular complexity index is 1450. The minimum absolute atomic E-state index is 0.175. The lowest BCUT2D eigenvalue weighted by molar-refractivity contribution is -0.0453. The molecule has 0 aliphatic heterocycles. The quantitative estimate of drug-likeness (QED) is 0.191. The van der Waals surface area contributed by atoms with Gasteiger partial charge in [-0.15, -0.1) is 0 Å². The van der Waals surface area contributed by atoms with E-state index in [1.54, 1.807) is 82.3 Å². The zero-order valence-corrected chi connectivity index (χ0v) is 24.4. The first-order valence-electron chi connectivity index (χ1n) is 12.5. The number of hydrazine groups is 1. The maximum atomic E-state index is 14.2. The summed E-state index contributed by atoms with van der Waals surface area (Å²) in [6.07, 6.45) is -1.01. The van der Waals surface area contributed by atoms with Crippen molar-refractivity contribution in [2.45, 2.75) is 52.6 Å². The summed E-state index contributed by atoms with van der Waals surface area (Å²) in [7, 11) is 1.48. The first kappa shape index (κ1) is 30.2. The topological polar surface area (TPSA) is 99.9 Å². The molecule has 0 spiro atoms. The van der Waals surface area contributed by atoms with Crippen molar-refractivity contribution < 1.29 is 23.9 Å². The van der Waals surface area contributed by atoms with Crippen molar-refractivity contribution >= 4 is 29.5 Å². The molecule has 0 bridgehead atoms. The normalized spacial score (nSPS) is 11.7. The van der Waals surface area contributed by atoms with Crippen LogP contribution in [-0.4, -0.2) is 40.6 Å². The van der Waals surface area contributed by atoms with Gasteiger partial charge < -0.3 is 9.47 Å². The molecule has 8 nitrogen and oxygen atoms in total. The Morgan fingerprint density at radius 1 is 0.925 bits per heavy atom. The van der Waals surface area contributed by atoms with Crippen molar-refractivity contribution in [3.63, 3.8) is 0 Å². The number of imide groups is 1. The molecule has 0 radical (unpaired) electrons. The monoisotopic (exact) mass is 561 g/mol. The molecule has 0 fully saturated rings. The first-order chi connectivity index (χ1) is 18.8. The number of rotatable bonds is 5. The highest BCUT2D eigenvalue weighted by molar-refractivity contribution is 6.20. The Morgan fingerprint density at radius 3 is 2.05 bits per heavy atom. The highest BCUT2D eigenvalue weighted by atomic mass is 35.5. The van der Waals surface area contributed by atoms with Crippen LogP contribution in [0, 0.1) is 32.1 Å². The zero-order chi connectivity index (χ0) is 29.8. The van der Waals surface area contributed by atoms with Gasteiger partial charge in [0.1, 0.15) is 5.75 Å². The number of aryl methyl sites for hydroxylation is 2. The number of alkyl halides is 1. The fourth-order valence-electron chi connectivity index (χ4n) is 4.25. The van der Waals surface area contributed by atoms with Crippen LogP contribution in [0.4, 0.5) is 4.79 Å². The van der Waals surface area contributed by atoms with Crippen LogP contribution in [0.2, 0.25) is 0 Å². The summed E-state index contributed by atoms with van der Waals surface area (Å²) in [6.45, 7) is 10.4. The highest BCUT2D eigenvalue weighted by Crippen LogP contribution is 2.30. The van der Waals surface area contributed by atoms with Gasteiger partial charge in [-0.1, -0.05) is 47.0 Å². The van der Waals surface area contributed by atoms with Crippen LogP contribution in [0.25, 0.3) is 0 Å². The summed E-state index contributed by atoms with van der Waals surface area (Å²) in [5.74, 6) is -0.997. The smallest absolute Gasteiger partial charge is 0.431 e. The molecule has 0 saturated heterocycles. The van der Waals surface area contributed by atoms with Crippen molar-refractivity contribution in [1.82, 2.24) is 10.0 Å². The maximum Gasteiger partial charge on any atom is 0.431 e. The predicted octanol–water partition coefficient (Wildman–Crippen LogP) is 6.86. The Hall–Kier alpha value is -4.35. The molecule has 0 aliphatic carbocycles. The molecule has 0 aromatic heterocycles. The third kappa shape index (κ3) is 6.61. The number of carbonyl (C=O) groups excluding carboxylic acids is 3. The summed E-state index contributed by atoms with van der Waals surface area (Å²) in [4.78, 5) is 42.0. The van der Waals surface area contributed by atoms with Gasteiger partial charge in [0.15, 0.2) is 0 Å². The van der Waals surface area contributed by atoms with Gasteiger partial charge in [-0.2, -0.15) is 10.3 Å². The van der Waals surface area contributed by atoms with E-state index in [1.807, 2.05) is 26.0 Å².